The zero-order valence-corrected chi connectivity index (χ0v) is 17.1. The van der Waals surface area contributed by atoms with E-state index in [2.05, 4.69) is 9.88 Å². The Hall–Kier alpha value is -3.80. The number of benzene rings is 3. The fourth-order valence-corrected chi connectivity index (χ4v) is 3.26. The Kier molecular flexibility index (Phi) is 5.39. The molecule has 0 spiro atoms. The minimum Gasteiger partial charge on any atom is -0.497 e. The van der Waals surface area contributed by atoms with E-state index in [0.29, 0.717) is 11.4 Å². The maximum absolute atomic E-state index is 12.5. The number of hydrogen-bond acceptors (Lipinski definition) is 4. The molecule has 3 aromatic carbocycles. The molecule has 0 saturated heterocycles. The molecule has 6 heteroatoms. The number of rotatable bonds is 6. The average molecular weight is 401 g/mol. The first-order chi connectivity index (χ1) is 14.5. The van der Waals surface area contributed by atoms with E-state index < -0.39 is 6.10 Å². The molecule has 0 bridgehead atoms. The standard InChI is InChI=1S/C24H23N3O3/c1-16(30-20-14-12-19(29-3)13-15-20)24(28)25-18-10-8-17(9-11-18)23-26-21-6-4-5-7-22(21)27(23)2/h4-16H,1-3H3,(H,25,28). The van der Waals surface area contributed by atoms with Crippen molar-refractivity contribution in [3.63, 3.8) is 0 Å². The quantitative estimate of drug-likeness (QED) is 0.511. The van der Waals surface area contributed by atoms with Crippen LogP contribution in [0.5, 0.6) is 11.5 Å². The third-order valence-electron chi connectivity index (χ3n) is 4.94. The topological polar surface area (TPSA) is 65.4 Å². The zero-order valence-electron chi connectivity index (χ0n) is 17.1. The number of anilines is 1. The number of amides is 1. The summed E-state index contributed by atoms with van der Waals surface area (Å²) in [6.45, 7) is 1.72. The predicted molar refractivity (Wildman–Crippen MR) is 118 cm³/mol. The zero-order chi connectivity index (χ0) is 21.1. The summed E-state index contributed by atoms with van der Waals surface area (Å²) in [4.78, 5) is 17.2. The first-order valence-electron chi connectivity index (χ1n) is 9.68. The summed E-state index contributed by atoms with van der Waals surface area (Å²) in [7, 11) is 3.60. The van der Waals surface area contributed by atoms with Crippen molar-refractivity contribution in [2.24, 2.45) is 7.05 Å². The van der Waals surface area contributed by atoms with Crippen molar-refractivity contribution in [3.8, 4) is 22.9 Å². The maximum atomic E-state index is 12.5. The molecule has 30 heavy (non-hydrogen) atoms. The summed E-state index contributed by atoms with van der Waals surface area (Å²) >= 11 is 0. The number of aromatic nitrogens is 2. The van der Waals surface area contributed by atoms with Crippen LogP contribution in [0, 0.1) is 0 Å². The van der Waals surface area contributed by atoms with Crippen molar-refractivity contribution in [3.05, 3.63) is 72.8 Å². The Labute approximate surface area is 175 Å². The fraction of sp³-hybridized carbons (Fsp3) is 0.167. The highest BCUT2D eigenvalue weighted by atomic mass is 16.5. The number of carbonyl (C=O) groups excluding carboxylic acids is 1. The third-order valence-corrected chi connectivity index (χ3v) is 4.94. The Bertz CT molecular complexity index is 1160. The Morgan fingerprint density at radius 3 is 2.30 bits per heavy atom. The number of methoxy groups -OCH3 is 1. The fourth-order valence-electron chi connectivity index (χ4n) is 3.26. The summed E-state index contributed by atoms with van der Waals surface area (Å²) in [6.07, 6.45) is -0.641. The van der Waals surface area contributed by atoms with E-state index in [-0.39, 0.29) is 5.91 Å². The van der Waals surface area contributed by atoms with Crippen LogP contribution in [-0.4, -0.2) is 28.7 Å². The van der Waals surface area contributed by atoms with Gasteiger partial charge in [-0.2, -0.15) is 0 Å². The van der Waals surface area contributed by atoms with Gasteiger partial charge in [0.2, 0.25) is 0 Å². The SMILES string of the molecule is COc1ccc(OC(C)C(=O)Nc2ccc(-c3nc4ccccc4n3C)cc2)cc1. The van der Waals surface area contributed by atoms with E-state index in [9.17, 15) is 4.79 Å². The van der Waals surface area contributed by atoms with E-state index in [1.807, 2.05) is 55.6 Å². The van der Waals surface area contributed by atoms with Crippen molar-refractivity contribution in [2.45, 2.75) is 13.0 Å². The van der Waals surface area contributed by atoms with Gasteiger partial charge in [-0.25, -0.2) is 4.98 Å². The van der Waals surface area contributed by atoms with Gasteiger partial charge in [-0.1, -0.05) is 12.1 Å². The number of carbonyl (C=O) groups is 1. The van der Waals surface area contributed by atoms with E-state index in [0.717, 1.165) is 28.2 Å². The summed E-state index contributed by atoms with van der Waals surface area (Å²) in [5, 5.41) is 2.89. The lowest BCUT2D eigenvalue weighted by Gasteiger charge is -2.15. The van der Waals surface area contributed by atoms with Crippen molar-refractivity contribution in [2.75, 3.05) is 12.4 Å². The van der Waals surface area contributed by atoms with Gasteiger partial charge >= 0.3 is 0 Å². The van der Waals surface area contributed by atoms with Crippen LogP contribution in [0.2, 0.25) is 0 Å². The number of imidazole rings is 1. The normalized spacial score (nSPS) is 11.8. The van der Waals surface area contributed by atoms with Gasteiger partial charge in [0, 0.05) is 18.3 Å². The number of aryl methyl sites for hydroxylation is 1. The monoisotopic (exact) mass is 401 g/mol. The Morgan fingerprint density at radius 2 is 1.63 bits per heavy atom. The number of para-hydroxylation sites is 2. The molecule has 1 amide bonds. The number of nitrogens with one attached hydrogen (secondary N) is 1. The van der Waals surface area contributed by atoms with Crippen LogP contribution in [0.3, 0.4) is 0 Å². The molecular weight excluding hydrogens is 378 g/mol. The third kappa shape index (κ3) is 3.98. The molecule has 1 aromatic heterocycles. The highest BCUT2D eigenvalue weighted by molar-refractivity contribution is 5.94. The van der Waals surface area contributed by atoms with Crippen LogP contribution < -0.4 is 14.8 Å². The Morgan fingerprint density at radius 1 is 0.967 bits per heavy atom. The molecule has 6 nitrogen and oxygen atoms in total. The predicted octanol–water partition coefficient (Wildman–Crippen LogP) is 4.65. The van der Waals surface area contributed by atoms with Gasteiger partial charge in [0.15, 0.2) is 6.10 Å². The summed E-state index contributed by atoms with van der Waals surface area (Å²) in [5.74, 6) is 2.00. The maximum Gasteiger partial charge on any atom is 0.265 e. The first-order valence-corrected chi connectivity index (χ1v) is 9.68. The molecule has 1 unspecified atom stereocenters. The molecule has 0 aliphatic carbocycles. The van der Waals surface area contributed by atoms with Crippen molar-refractivity contribution >= 4 is 22.6 Å². The van der Waals surface area contributed by atoms with E-state index >= 15 is 0 Å². The van der Waals surface area contributed by atoms with Gasteiger partial charge in [-0.15, -0.1) is 0 Å². The molecule has 0 aliphatic heterocycles. The highest BCUT2D eigenvalue weighted by Gasteiger charge is 2.15. The molecule has 1 N–H and O–H groups in total. The molecule has 0 aliphatic rings. The molecule has 0 saturated carbocycles. The van der Waals surface area contributed by atoms with E-state index in [4.69, 9.17) is 14.5 Å². The molecule has 152 valence electrons. The molecule has 1 atom stereocenters. The van der Waals surface area contributed by atoms with Crippen molar-refractivity contribution in [1.29, 1.82) is 0 Å². The molecule has 1 heterocycles. The van der Waals surface area contributed by atoms with Crippen LogP contribution in [0.1, 0.15) is 6.92 Å². The summed E-state index contributed by atoms with van der Waals surface area (Å²) in [5.41, 5.74) is 3.72. The molecule has 4 aromatic rings. The lowest BCUT2D eigenvalue weighted by molar-refractivity contribution is -0.122. The second kappa shape index (κ2) is 8.29. The second-order valence-electron chi connectivity index (χ2n) is 6.99. The minimum absolute atomic E-state index is 0.221. The molecule has 4 rings (SSSR count). The van der Waals surface area contributed by atoms with Gasteiger partial charge in [-0.3, -0.25) is 4.79 Å². The van der Waals surface area contributed by atoms with Gasteiger partial charge < -0.3 is 19.4 Å². The average Bonchev–Trinajstić information content (AvgIpc) is 3.11. The summed E-state index contributed by atoms with van der Waals surface area (Å²) in [6, 6.07) is 22.8. The van der Waals surface area contributed by atoms with Crippen LogP contribution >= 0.6 is 0 Å². The molecule has 0 fully saturated rings. The second-order valence-corrected chi connectivity index (χ2v) is 6.99. The van der Waals surface area contributed by atoms with Gasteiger partial charge in [0.25, 0.3) is 5.91 Å². The van der Waals surface area contributed by atoms with Crippen LogP contribution in [0.25, 0.3) is 22.4 Å². The number of hydrogen-bond donors (Lipinski definition) is 1. The van der Waals surface area contributed by atoms with Gasteiger partial charge in [0.1, 0.15) is 17.3 Å². The number of nitrogens with zero attached hydrogens (tertiary/aromatic N) is 2. The van der Waals surface area contributed by atoms with Crippen LogP contribution in [0.15, 0.2) is 72.8 Å². The van der Waals surface area contributed by atoms with Crippen molar-refractivity contribution in [1.82, 2.24) is 9.55 Å². The minimum atomic E-state index is -0.641. The van der Waals surface area contributed by atoms with Crippen molar-refractivity contribution < 1.29 is 14.3 Å². The Balaban J connectivity index is 1.43. The smallest absolute Gasteiger partial charge is 0.265 e. The largest absolute Gasteiger partial charge is 0.497 e. The molecular formula is C24H23N3O3. The van der Waals surface area contributed by atoms with Crippen LogP contribution in [-0.2, 0) is 11.8 Å². The molecule has 0 radical (unpaired) electrons. The highest BCUT2D eigenvalue weighted by Crippen LogP contribution is 2.25. The van der Waals surface area contributed by atoms with Gasteiger partial charge in [-0.05, 0) is 67.6 Å². The van der Waals surface area contributed by atoms with E-state index in [1.165, 1.54) is 0 Å². The van der Waals surface area contributed by atoms with Crippen LogP contribution in [0.4, 0.5) is 5.69 Å². The first kappa shape index (κ1) is 19.5. The summed E-state index contributed by atoms with van der Waals surface area (Å²) < 4.78 is 12.9. The number of fused-ring (bicyclic) bond motifs is 1. The lowest BCUT2D eigenvalue weighted by atomic mass is 10.2. The van der Waals surface area contributed by atoms with E-state index in [1.54, 1.807) is 38.3 Å². The van der Waals surface area contributed by atoms with Gasteiger partial charge in [0.05, 0.1) is 18.1 Å². The lowest BCUT2D eigenvalue weighted by Crippen LogP contribution is -2.30. The number of ether oxygens (including phenoxy) is 2.